The average molecular weight is 363 g/mol. The van der Waals surface area contributed by atoms with Crippen LogP contribution in [0, 0.1) is 0 Å². The molecule has 2 saturated heterocycles. The van der Waals surface area contributed by atoms with Crippen LogP contribution < -0.4 is 10.6 Å². The van der Waals surface area contributed by atoms with Gasteiger partial charge in [0.05, 0.1) is 12.7 Å². The molecule has 138 valence electrons. The van der Waals surface area contributed by atoms with Gasteiger partial charge in [-0.15, -0.1) is 0 Å². The van der Waals surface area contributed by atoms with E-state index in [0.29, 0.717) is 0 Å². The monoisotopic (exact) mass is 362 g/mol. The van der Waals surface area contributed by atoms with Gasteiger partial charge in [0.25, 0.3) is 0 Å². The predicted octanol–water partition coefficient (Wildman–Crippen LogP) is 3.13. The number of nitrogens with one attached hydrogen (secondary N) is 2. The molecule has 0 aromatic heterocycles. The maximum Gasteiger partial charge on any atom is 0.118 e. The molecule has 0 radical (unpaired) electrons. The summed E-state index contributed by atoms with van der Waals surface area (Å²) in [7, 11) is 0. The first-order chi connectivity index (χ1) is 12.1. The van der Waals surface area contributed by atoms with Gasteiger partial charge < -0.3 is 10.6 Å². The number of hydrogen-bond donors (Lipinski definition) is 2. The first kappa shape index (κ1) is 18.9. The molecule has 2 aliphatic rings. The van der Waals surface area contributed by atoms with Gasteiger partial charge in [0, 0.05) is 32.8 Å². The van der Waals surface area contributed by atoms with Crippen molar-refractivity contribution >= 4 is 11.6 Å². The zero-order valence-electron chi connectivity index (χ0n) is 15.7. The van der Waals surface area contributed by atoms with Gasteiger partial charge in [-0.05, 0) is 31.4 Å². The molecule has 2 unspecified atom stereocenters. The Bertz CT molecular complexity index is 587. The summed E-state index contributed by atoms with van der Waals surface area (Å²) in [6.45, 7) is 12.5. The van der Waals surface area contributed by atoms with Crippen LogP contribution in [-0.2, 0) is 0 Å². The van der Waals surface area contributed by atoms with Crippen LogP contribution in [0.4, 0.5) is 0 Å². The number of rotatable bonds is 6. The third kappa shape index (κ3) is 3.93. The Hall–Kier alpha value is -0.910. The van der Waals surface area contributed by atoms with Gasteiger partial charge in [-0.1, -0.05) is 54.4 Å². The number of nitrogens with zero attached hydrogens (tertiary/aromatic N) is 2. The standard InChI is InChI=1S/C20H31ClN4/c1-4-16(2)18(20(3,21)25-13-11-23-15-25)19(24-12-10-22-14-24)17-8-6-5-7-9-17/h5-9,19,22-23H,4,10-15H2,1-3H3/b18-16-. The highest BCUT2D eigenvalue weighted by Crippen LogP contribution is 2.43. The normalized spacial score (nSPS) is 24.2. The number of halogens is 1. The molecule has 2 heterocycles. The summed E-state index contributed by atoms with van der Waals surface area (Å²) in [6, 6.07) is 11.0. The van der Waals surface area contributed by atoms with Crippen molar-refractivity contribution < 1.29 is 0 Å². The molecule has 1 aromatic rings. The second kappa shape index (κ2) is 8.19. The number of hydrogen-bond acceptors (Lipinski definition) is 4. The van der Waals surface area contributed by atoms with Crippen molar-refractivity contribution in [1.29, 1.82) is 0 Å². The molecule has 4 nitrogen and oxygen atoms in total. The third-order valence-corrected chi connectivity index (χ3v) is 6.02. The van der Waals surface area contributed by atoms with E-state index in [0.717, 1.165) is 45.9 Å². The molecule has 2 N–H and O–H groups in total. The van der Waals surface area contributed by atoms with Crippen molar-refractivity contribution in [3.8, 4) is 0 Å². The van der Waals surface area contributed by atoms with Crippen LogP contribution in [-0.4, -0.2) is 54.3 Å². The Morgan fingerprint density at radius 2 is 1.84 bits per heavy atom. The van der Waals surface area contributed by atoms with E-state index in [4.69, 9.17) is 11.6 Å². The molecule has 0 amide bonds. The smallest absolute Gasteiger partial charge is 0.118 e. The zero-order valence-corrected chi connectivity index (χ0v) is 16.4. The van der Waals surface area contributed by atoms with Crippen molar-refractivity contribution in [2.75, 3.05) is 39.5 Å². The minimum atomic E-state index is -0.493. The van der Waals surface area contributed by atoms with Crippen molar-refractivity contribution in [3.63, 3.8) is 0 Å². The van der Waals surface area contributed by atoms with Crippen molar-refractivity contribution in [1.82, 2.24) is 20.4 Å². The Labute approximate surface area is 157 Å². The minimum Gasteiger partial charge on any atom is -0.303 e. The van der Waals surface area contributed by atoms with Crippen LogP contribution in [0.25, 0.3) is 0 Å². The second-order valence-corrected chi connectivity index (χ2v) is 7.94. The van der Waals surface area contributed by atoms with E-state index in [1.54, 1.807) is 0 Å². The lowest BCUT2D eigenvalue weighted by atomic mass is 9.87. The maximum absolute atomic E-state index is 7.29. The topological polar surface area (TPSA) is 30.5 Å². The summed E-state index contributed by atoms with van der Waals surface area (Å²) in [5.74, 6) is 0. The van der Waals surface area contributed by atoms with Crippen LogP contribution in [0.3, 0.4) is 0 Å². The molecular formula is C20H31ClN4. The molecule has 0 bridgehead atoms. The fourth-order valence-electron chi connectivity index (χ4n) is 4.04. The highest BCUT2D eigenvalue weighted by Gasteiger charge is 2.42. The molecule has 25 heavy (non-hydrogen) atoms. The minimum absolute atomic E-state index is 0.208. The van der Waals surface area contributed by atoms with E-state index in [2.05, 4.69) is 71.5 Å². The summed E-state index contributed by atoms with van der Waals surface area (Å²) in [5, 5.41) is 6.92. The summed E-state index contributed by atoms with van der Waals surface area (Å²) in [5.41, 5.74) is 4.06. The Kier molecular flexibility index (Phi) is 6.18. The van der Waals surface area contributed by atoms with Gasteiger partial charge in [-0.3, -0.25) is 9.80 Å². The second-order valence-electron chi connectivity index (χ2n) is 7.21. The number of alkyl halides is 1. The van der Waals surface area contributed by atoms with Gasteiger partial charge in [0.2, 0.25) is 0 Å². The molecule has 0 aliphatic carbocycles. The fourth-order valence-corrected chi connectivity index (χ4v) is 4.45. The summed E-state index contributed by atoms with van der Waals surface area (Å²) < 4.78 is 0. The highest BCUT2D eigenvalue weighted by atomic mass is 35.5. The molecule has 2 aliphatic heterocycles. The van der Waals surface area contributed by atoms with Crippen LogP contribution in [0.15, 0.2) is 41.5 Å². The van der Waals surface area contributed by atoms with Crippen molar-refractivity contribution in [2.24, 2.45) is 0 Å². The average Bonchev–Trinajstić information content (AvgIpc) is 3.33. The number of benzene rings is 1. The van der Waals surface area contributed by atoms with Gasteiger partial charge in [0.1, 0.15) is 5.00 Å². The van der Waals surface area contributed by atoms with Crippen LogP contribution in [0.5, 0.6) is 0 Å². The Morgan fingerprint density at radius 3 is 2.40 bits per heavy atom. The van der Waals surface area contributed by atoms with Gasteiger partial charge >= 0.3 is 0 Å². The third-order valence-electron chi connectivity index (χ3n) is 5.58. The molecule has 5 heteroatoms. The van der Waals surface area contributed by atoms with Gasteiger partial charge in [0.15, 0.2) is 0 Å². The quantitative estimate of drug-likeness (QED) is 0.462. The highest BCUT2D eigenvalue weighted by molar-refractivity contribution is 6.25. The molecule has 3 rings (SSSR count). The van der Waals surface area contributed by atoms with E-state index in [1.165, 1.54) is 16.7 Å². The molecule has 2 fully saturated rings. The van der Waals surface area contributed by atoms with E-state index in [9.17, 15) is 0 Å². The molecule has 1 aromatic carbocycles. The molecule has 2 atom stereocenters. The molecular weight excluding hydrogens is 332 g/mol. The largest absolute Gasteiger partial charge is 0.303 e. The van der Waals surface area contributed by atoms with Crippen LogP contribution >= 0.6 is 11.6 Å². The van der Waals surface area contributed by atoms with Gasteiger partial charge in [-0.2, -0.15) is 0 Å². The first-order valence-corrected chi connectivity index (χ1v) is 9.78. The van der Waals surface area contributed by atoms with Crippen molar-refractivity contribution in [3.05, 3.63) is 47.0 Å². The lowest BCUT2D eigenvalue weighted by Gasteiger charge is -2.42. The lowest BCUT2D eigenvalue weighted by molar-refractivity contribution is 0.197. The first-order valence-electron chi connectivity index (χ1n) is 9.40. The SMILES string of the molecule is CC/C(C)=C(/C(c1ccccc1)N1CCNC1)C(C)(Cl)N1CCNC1. The summed E-state index contributed by atoms with van der Waals surface area (Å²) >= 11 is 7.29. The van der Waals surface area contributed by atoms with E-state index in [-0.39, 0.29) is 6.04 Å². The van der Waals surface area contributed by atoms with Crippen LogP contribution in [0.2, 0.25) is 0 Å². The molecule has 0 saturated carbocycles. The number of allylic oxidation sites excluding steroid dienone is 1. The maximum atomic E-state index is 7.29. The van der Waals surface area contributed by atoms with E-state index >= 15 is 0 Å². The fraction of sp³-hybridized carbons (Fsp3) is 0.600. The zero-order chi connectivity index (χ0) is 17.9. The van der Waals surface area contributed by atoms with E-state index < -0.39 is 5.00 Å². The summed E-state index contributed by atoms with van der Waals surface area (Å²) in [4.78, 5) is 4.39. The Balaban J connectivity index is 2.07. The summed E-state index contributed by atoms with van der Waals surface area (Å²) in [6.07, 6.45) is 1.02. The Morgan fingerprint density at radius 1 is 1.16 bits per heavy atom. The van der Waals surface area contributed by atoms with Gasteiger partial charge in [-0.25, -0.2) is 0 Å². The van der Waals surface area contributed by atoms with Crippen LogP contribution in [0.1, 0.15) is 38.8 Å². The predicted molar refractivity (Wildman–Crippen MR) is 106 cm³/mol. The van der Waals surface area contributed by atoms with Crippen molar-refractivity contribution in [2.45, 2.75) is 38.2 Å². The molecule has 0 spiro atoms. The lowest BCUT2D eigenvalue weighted by Crippen LogP contribution is -2.47. The van der Waals surface area contributed by atoms with E-state index in [1.807, 2.05) is 0 Å².